The van der Waals surface area contributed by atoms with Crippen molar-refractivity contribution in [3.8, 4) is 0 Å². The van der Waals surface area contributed by atoms with Gasteiger partial charge in [0.05, 0.1) is 11.3 Å². The average Bonchev–Trinajstić information content (AvgIpc) is 2.47. The van der Waals surface area contributed by atoms with Gasteiger partial charge < -0.3 is 16.8 Å². The molecule has 0 aliphatic carbocycles. The second kappa shape index (κ2) is 6.33. The van der Waals surface area contributed by atoms with Gasteiger partial charge in [-0.2, -0.15) is 16.8 Å². The van der Waals surface area contributed by atoms with Gasteiger partial charge in [0.25, 0.3) is 26.1 Å². The number of hydrogen-bond acceptors (Lipinski definition) is 7. The first-order valence-electron chi connectivity index (χ1n) is 6.45. The molecule has 0 fully saturated rings. The summed E-state index contributed by atoms with van der Waals surface area (Å²) in [4.78, 5) is 10.5. The lowest BCUT2D eigenvalue weighted by Gasteiger charge is -2.12. The predicted molar refractivity (Wildman–Crippen MR) is 89.3 cm³/mol. The summed E-state index contributed by atoms with van der Waals surface area (Å²) in [5, 5.41) is 2.31. The number of nitrogens with two attached hydrogens (primary N) is 2. The van der Waals surface area contributed by atoms with E-state index in [4.69, 9.17) is 16.0 Å². The Kier molecular flexibility index (Phi) is 4.72. The second-order valence-electron chi connectivity index (χ2n) is 4.91. The third kappa shape index (κ3) is 4.24. The molecule has 0 aliphatic heterocycles. The molecular formula is C13H13N3O7S2. The monoisotopic (exact) mass is 387 g/mol. The van der Waals surface area contributed by atoms with E-state index in [0.717, 1.165) is 0 Å². The zero-order chi connectivity index (χ0) is 19.0. The van der Waals surface area contributed by atoms with Crippen LogP contribution in [-0.2, 0) is 20.2 Å². The fourth-order valence-electron chi connectivity index (χ4n) is 1.95. The van der Waals surface area contributed by atoms with Crippen molar-refractivity contribution in [2.75, 3.05) is 16.8 Å². The van der Waals surface area contributed by atoms with E-state index in [1.807, 2.05) is 0 Å². The molecule has 25 heavy (non-hydrogen) atoms. The molecule has 2 aromatic rings. The number of rotatable bonds is 4. The molecule has 0 unspecified atom stereocenters. The van der Waals surface area contributed by atoms with E-state index in [1.165, 1.54) is 24.3 Å². The number of nitrogens with one attached hydrogen (secondary N) is 1. The average molecular weight is 387 g/mol. The van der Waals surface area contributed by atoms with Crippen LogP contribution in [0, 0.1) is 0 Å². The molecule has 10 nitrogen and oxygen atoms in total. The predicted octanol–water partition coefficient (Wildman–Crippen LogP) is 0.597. The van der Waals surface area contributed by atoms with Gasteiger partial charge in [-0.15, -0.1) is 0 Å². The van der Waals surface area contributed by atoms with Gasteiger partial charge in [0, 0.05) is 11.4 Å². The van der Waals surface area contributed by atoms with Crippen LogP contribution in [0.15, 0.2) is 46.2 Å². The maximum Gasteiger partial charge on any atom is 0.296 e. The van der Waals surface area contributed by atoms with Gasteiger partial charge in [-0.1, -0.05) is 0 Å². The molecule has 7 N–H and O–H groups in total. The molecule has 12 heteroatoms. The summed E-state index contributed by atoms with van der Waals surface area (Å²) >= 11 is 0. The Labute approximate surface area is 143 Å². The summed E-state index contributed by atoms with van der Waals surface area (Å²) in [5.74, 6) is -1.05. The van der Waals surface area contributed by atoms with Gasteiger partial charge in [-0.3, -0.25) is 13.9 Å². The zero-order valence-electron chi connectivity index (χ0n) is 12.4. The summed E-state index contributed by atoms with van der Waals surface area (Å²) in [5.41, 5.74) is 10.2. The van der Waals surface area contributed by atoms with Crippen molar-refractivity contribution >= 4 is 43.2 Å². The van der Waals surface area contributed by atoms with Crippen LogP contribution in [0.4, 0.5) is 17.1 Å². The number of benzene rings is 2. The van der Waals surface area contributed by atoms with Crippen LogP contribution in [0.3, 0.4) is 0 Å². The standard InChI is InChI=1S/C13H13N3O7S2/c14-7-1-3-8(4-2-7)16-13(17)9-5-12(25(21,22)23)10(15)6-11(9)24(18,19)20/h1-6H,14-15H2,(H,16,17)(H,18,19,20)(H,21,22,23). The maximum absolute atomic E-state index is 12.3. The Bertz CT molecular complexity index is 1050. The molecule has 134 valence electrons. The van der Waals surface area contributed by atoms with Crippen molar-refractivity contribution in [1.82, 2.24) is 0 Å². The smallest absolute Gasteiger partial charge is 0.296 e. The summed E-state index contributed by atoms with van der Waals surface area (Å²) in [6.45, 7) is 0. The molecule has 0 aliphatic rings. The quantitative estimate of drug-likeness (QED) is 0.369. The lowest BCUT2D eigenvalue weighted by molar-refractivity contribution is 0.102. The first-order valence-corrected chi connectivity index (χ1v) is 9.33. The lowest BCUT2D eigenvalue weighted by Crippen LogP contribution is -2.18. The normalized spacial score (nSPS) is 11.9. The highest BCUT2D eigenvalue weighted by Crippen LogP contribution is 2.27. The summed E-state index contributed by atoms with van der Waals surface area (Å²) < 4.78 is 63.9. The van der Waals surface area contributed by atoms with E-state index < -0.39 is 47.2 Å². The molecule has 1 amide bonds. The van der Waals surface area contributed by atoms with Crippen molar-refractivity contribution in [1.29, 1.82) is 0 Å². The molecule has 0 aromatic heterocycles. The van der Waals surface area contributed by atoms with E-state index in [1.54, 1.807) is 0 Å². The number of carbonyl (C=O) groups is 1. The molecule has 0 spiro atoms. The van der Waals surface area contributed by atoms with E-state index in [0.29, 0.717) is 17.8 Å². The lowest BCUT2D eigenvalue weighted by atomic mass is 10.2. The first-order chi connectivity index (χ1) is 11.4. The van der Waals surface area contributed by atoms with Crippen molar-refractivity contribution in [3.05, 3.63) is 42.0 Å². The minimum Gasteiger partial charge on any atom is -0.399 e. The molecule has 0 radical (unpaired) electrons. The topological polar surface area (TPSA) is 190 Å². The van der Waals surface area contributed by atoms with Crippen LogP contribution in [0.5, 0.6) is 0 Å². The summed E-state index contributed by atoms with van der Waals surface area (Å²) in [6.07, 6.45) is 0. The Balaban J connectivity index is 2.60. The highest BCUT2D eigenvalue weighted by molar-refractivity contribution is 7.86. The molecule has 0 bridgehead atoms. The van der Waals surface area contributed by atoms with Crippen LogP contribution in [0.1, 0.15) is 10.4 Å². The Morgan fingerprint density at radius 3 is 1.88 bits per heavy atom. The van der Waals surface area contributed by atoms with Crippen molar-refractivity contribution in [3.63, 3.8) is 0 Å². The number of hydrogen-bond donors (Lipinski definition) is 5. The summed E-state index contributed by atoms with van der Waals surface area (Å²) in [6, 6.07) is 6.89. The van der Waals surface area contributed by atoms with Gasteiger partial charge >= 0.3 is 0 Å². The Hall–Kier alpha value is -2.67. The molecular weight excluding hydrogens is 374 g/mol. The van der Waals surface area contributed by atoms with Gasteiger partial charge in [0.2, 0.25) is 0 Å². The minimum atomic E-state index is -4.90. The van der Waals surface area contributed by atoms with Gasteiger partial charge in [-0.05, 0) is 36.4 Å². The van der Waals surface area contributed by atoms with Gasteiger partial charge in [0.15, 0.2) is 0 Å². The third-order valence-corrected chi connectivity index (χ3v) is 4.88. The van der Waals surface area contributed by atoms with Crippen LogP contribution in [0.2, 0.25) is 0 Å². The largest absolute Gasteiger partial charge is 0.399 e. The van der Waals surface area contributed by atoms with E-state index >= 15 is 0 Å². The molecule has 0 saturated carbocycles. The third-order valence-electron chi connectivity index (χ3n) is 3.08. The number of amides is 1. The van der Waals surface area contributed by atoms with Gasteiger partial charge in [-0.25, -0.2) is 0 Å². The van der Waals surface area contributed by atoms with Crippen LogP contribution >= 0.6 is 0 Å². The maximum atomic E-state index is 12.3. The van der Waals surface area contributed by atoms with Crippen LogP contribution in [-0.4, -0.2) is 31.8 Å². The fourth-order valence-corrected chi connectivity index (χ4v) is 3.28. The van der Waals surface area contributed by atoms with E-state index in [2.05, 4.69) is 5.32 Å². The fraction of sp³-hybridized carbons (Fsp3) is 0. The van der Waals surface area contributed by atoms with Crippen molar-refractivity contribution < 1.29 is 30.7 Å². The molecule has 0 saturated heterocycles. The SMILES string of the molecule is Nc1ccc(NC(=O)c2cc(S(=O)(=O)O)c(N)cc2S(=O)(=O)O)cc1. The Morgan fingerprint density at radius 1 is 0.880 bits per heavy atom. The van der Waals surface area contributed by atoms with Crippen LogP contribution < -0.4 is 16.8 Å². The minimum absolute atomic E-state index is 0.228. The molecule has 0 atom stereocenters. The van der Waals surface area contributed by atoms with E-state index in [9.17, 15) is 26.2 Å². The van der Waals surface area contributed by atoms with E-state index in [-0.39, 0.29) is 5.69 Å². The molecule has 2 aromatic carbocycles. The van der Waals surface area contributed by atoms with Crippen molar-refractivity contribution in [2.45, 2.75) is 9.79 Å². The van der Waals surface area contributed by atoms with Crippen LogP contribution in [0.25, 0.3) is 0 Å². The summed E-state index contributed by atoms with van der Waals surface area (Å²) in [7, 11) is -9.73. The first kappa shape index (κ1) is 18.7. The Morgan fingerprint density at radius 2 is 1.40 bits per heavy atom. The van der Waals surface area contributed by atoms with Gasteiger partial charge in [0.1, 0.15) is 9.79 Å². The number of nitrogen functional groups attached to an aromatic ring is 2. The molecule has 2 rings (SSSR count). The molecule has 0 heterocycles. The second-order valence-corrected chi connectivity index (χ2v) is 7.69. The number of anilines is 3. The number of carbonyl (C=O) groups excluding carboxylic acids is 1. The highest BCUT2D eigenvalue weighted by atomic mass is 32.2. The zero-order valence-corrected chi connectivity index (χ0v) is 14.0. The van der Waals surface area contributed by atoms with Crippen molar-refractivity contribution in [2.24, 2.45) is 0 Å². The highest BCUT2D eigenvalue weighted by Gasteiger charge is 2.26.